The van der Waals surface area contributed by atoms with Crippen molar-refractivity contribution in [3.05, 3.63) is 65.4 Å². The number of nitrogens with zero attached hydrogens (tertiary/aromatic N) is 1. The van der Waals surface area contributed by atoms with Crippen molar-refractivity contribution in [2.75, 3.05) is 27.2 Å². The first kappa shape index (κ1) is 18.4. The van der Waals surface area contributed by atoms with Crippen molar-refractivity contribution in [3.63, 3.8) is 0 Å². The van der Waals surface area contributed by atoms with Crippen molar-refractivity contribution in [2.45, 2.75) is 24.7 Å². The molecule has 1 aromatic heterocycles. The maximum atomic E-state index is 5.79. The van der Waals surface area contributed by atoms with E-state index in [0.29, 0.717) is 5.92 Å². The summed E-state index contributed by atoms with van der Waals surface area (Å²) in [6.07, 6.45) is 3.40. The molecule has 0 radical (unpaired) electrons. The first-order valence-electron chi connectivity index (χ1n) is 9.62. The highest BCUT2D eigenvalue weighted by Gasteiger charge is 2.48. The number of hydrogen-bond acceptors (Lipinski definition) is 2. The van der Waals surface area contributed by atoms with Crippen LogP contribution in [0, 0.1) is 5.92 Å². The third kappa shape index (κ3) is 2.76. The Morgan fingerprint density at radius 3 is 2.74 bits per heavy atom. The van der Waals surface area contributed by atoms with Gasteiger partial charge in [0.15, 0.2) is 0 Å². The number of aromatic amines is 1. The first-order valence-corrected chi connectivity index (χ1v) is 9.62. The van der Waals surface area contributed by atoms with E-state index in [9.17, 15) is 0 Å². The zero-order valence-corrected chi connectivity index (χ0v) is 16.8. The second-order valence-corrected chi connectivity index (χ2v) is 8.07. The van der Waals surface area contributed by atoms with Gasteiger partial charge in [0.2, 0.25) is 0 Å². The number of benzene rings is 2. The number of nitrogens with one attached hydrogen (secondary N) is 1. The van der Waals surface area contributed by atoms with E-state index in [-0.39, 0.29) is 17.8 Å². The highest BCUT2D eigenvalue weighted by Crippen LogP contribution is 2.51. The number of H-pyrrole nitrogens is 1. The number of piperidine rings is 1. The van der Waals surface area contributed by atoms with E-state index in [1.807, 2.05) is 0 Å². The third-order valence-electron chi connectivity index (χ3n) is 6.74. The molecule has 1 saturated heterocycles. The number of aromatic nitrogens is 1. The molecule has 0 bridgehead atoms. The van der Waals surface area contributed by atoms with E-state index < -0.39 is 0 Å². The van der Waals surface area contributed by atoms with Gasteiger partial charge in [0.25, 0.3) is 0 Å². The third-order valence-corrected chi connectivity index (χ3v) is 6.74. The number of para-hydroxylation sites is 2. The smallest absolute Gasteiger partial charge is 0.122 e. The first-order chi connectivity index (χ1) is 12.7. The van der Waals surface area contributed by atoms with Gasteiger partial charge in [-0.05, 0) is 56.5 Å². The van der Waals surface area contributed by atoms with Crippen LogP contribution in [0.25, 0.3) is 10.9 Å². The normalized spacial score (nSPS) is 24.7. The predicted molar refractivity (Wildman–Crippen MR) is 113 cm³/mol. The van der Waals surface area contributed by atoms with Gasteiger partial charge >= 0.3 is 0 Å². The summed E-state index contributed by atoms with van der Waals surface area (Å²) in [6.45, 7) is 2.29. The van der Waals surface area contributed by atoms with Gasteiger partial charge in [0.05, 0.1) is 7.11 Å². The van der Waals surface area contributed by atoms with Gasteiger partial charge in [-0.1, -0.05) is 36.4 Å². The van der Waals surface area contributed by atoms with Crippen LogP contribution in [0.1, 0.15) is 23.2 Å². The Morgan fingerprint density at radius 1 is 1.11 bits per heavy atom. The van der Waals surface area contributed by atoms with Crippen LogP contribution in [0.2, 0.25) is 0 Å². The number of likely N-dealkylation sites (tertiary alicyclic amines) is 1. The summed E-state index contributed by atoms with van der Waals surface area (Å²) in [6, 6.07) is 17.4. The van der Waals surface area contributed by atoms with Crippen LogP contribution in [-0.2, 0) is 18.3 Å². The molecule has 142 valence electrons. The van der Waals surface area contributed by atoms with E-state index in [4.69, 9.17) is 4.74 Å². The minimum absolute atomic E-state index is 0. The van der Waals surface area contributed by atoms with E-state index >= 15 is 0 Å². The van der Waals surface area contributed by atoms with Gasteiger partial charge in [0.1, 0.15) is 5.75 Å². The second kappa shape index (κ2) is 6.88. The van der Waals surface area contributed by atoms with Crippen LogP contribution >= 0.6 is 12.4 Å². The lowest BCUT2D eigenvalue weighted by Crippen LogP contribution is -2.52. The molecule has 1 aliphatic carbocycles. The van der Waals surface area contributed by atoms with Crippen molar-refractivity contribution in [3.8, 4) is 5.75 Å². The molecule has 3 aromatic rings. The van der Waals surface area contributed by atoms with E-state index in [1.54, 1.807) is 7.11 Å². The second-order valence-electron chi connectivity index (χ2n) is 8.07. The number of methoxy groups -OCH3 is 1. The Kier molecular flexibility index (Phi) is 4.69. The molecule has 2 unspecified atom stereocenters. The number of halogens is 1. The summed E-state index contributed by atoms with van der Waals surface area (Å²) in [5, 5.41) is 1.41. The maximum Gasteiger partial charge on any atom is 0.122 e. The number of fused-ring (bicyclic) bond motifs is 4. The van der Waals surface area contributed by atoms with Crippen molar-refractivity contribution in [1.29, 1.82) is 0 Å². The van der Waals surface area contributed by atoms with Gasteiger partial charge in [-0.2, -0.15) is 0 Å². The molecule has 2 atom stereocenters. The molecule has 2 aromatic carbocycles. The predicted octanol–water partition coefficient (Wildman–Crippen LogP) is 4.59. The molecule has 27 heavy (non-hydrogen) atoms. The quantitative estimate of drug-likeness (QED) is 0.702. The zero-order valence-electron chi connectivity index (χ0n) is 16.0. The number of hydrogen-bond donors (Lipinski definition) is 1. The Hall–Kier alpha value is -1.97. The molecule has 0 saturated carbocycles. The SMILES string of the molecule is COc1ccccc1C12CCN(C)CC1Cc1c([nH]c3ccccc13)C2.Cl. The van der Waals surface area contributed by atoms with Gasteiger partial charge in [-0.3, -0.25) is 0 Å². The Morgan fingerprint density at radius 2 is 1.89 bits per heavy atom. The van der Waals surface area contributed by atoms with Gasteiger partial charge in [-0.25, -0.2) is 0 Å². The molecular formula is C23H27ClN2O. The van der Waals surface area contributed by atoms with Crippen LogP contribution in [0.5, 0.6) is 5.75 Å². The molecule has 1 aliphatic heterocycles. The van der Waals surface area contributed by atoms with Crippen LogP contribution in [0.4, 0.5) is 0 Å². The van der Waals surface area contributed by atoms with Gasteiger partial charge in [0, 0.05) is 34.1 Å². The molecule has 2 heterocycles. The lowest BCUT2D eigenvalue weighted by Gasteiger charge is -2.50. The minimum Gasteiger partial charge on any atom is -0.496 e. The largest absolute Gasteiger partial charge is 0.496 e. The van der Waals surface area contributed by atoms with Crippen molar-refractivity contribution >= 4 is 23.3 Å². The van der Waals surface area contributed by atoms with Crippen LogP contribution in [0.15, 0.2) is 48.5 Å². The van der Waals surface area contributed by atoms with Crippen LogP contribution < -0.4 is 4.74 Å². The Labute approximate surface area is 167 Å². The lowest BCUT2D eigenvalue weighted by molar-refractivity contribution is 0.0974. The summed E-state index contributed by atoms with van der Waals surface area (Å²) < 4.78 is 5.79. The number of ether oxygens (including phenoxy) is 1. The molecule has 4 heteroatoms. The average molecular weight is 383 g/mol. The van der Waals surface area contributed by atoms with E-state index in [2.05, 4.69) is 65.5 Å². The zero-order chi connectivity index (χ0) is 17.7. The Balaban J connectivity index is 0.00000180. The monoisotopic (exact) mass is 382 g/mol. The molecule has 1 fully saturated rings. The average Bonchev–Trinajstić information content (AvgIpc) is 3.03. The summed E-state index contributed by atoms with van der Waals surface area (Å²) in [4.78, 5) is 6.24. The molecule has 1 N–H and O–H groups in total. The molecule has 0 spiro atoms. The van der Waals surface area contributed by atoms with Crippen molar-refractivity contribution in [1.82, 2.24) is 9.88 Å². The summed E-state index contributed by atoms with van der Waals surface area (Å²) >= 11 is 0. The maximum absolute atomic E-state index is 5.79. The molecule has 2 aliphatic rings. The van der Waals surface area contributed by atoms with Crippen molar-refractivity contribution < 1.29 is 4.74 Å². The number of rotatable bonds is 2. The molecule has 3 nitrogen and oxygen atoms in total. The fourth-order valence-corrected chi connectivity index (χ4v) is 5.44. The Bertz CT molecular complexity index is 966. The van der Waals surface area contributed by atoms with E-state index in [0.717, 1.165) is 31.7 Å². The fraction of sp³-hybridized carbons (Fsp3) is 0.391. The molecule has 5 rings (SSSR count). The fourth-order valence-electron chi connectivity index (χ4n) is 5.44. The lowest BCUT2D eigenvalue weighted by atomic mass is 9.58. The van der Waals surface area contributed by atoms with Crippen LogP contribution in [-0.4, -0.2) is 37.1 Å². The van der Waals surface area contributed by atoms with E-state index in [1.165, 1.54) is 34.1 Å². The summed E-state index contributed by atoms with van der Waals surface area (Å²) in [5.74, 6) is 1.66. The van der Waals surface area contributed by atoms with Crippen LogP contribution in [0.3, 0.4) is 0 Å². The van der Waals surface area contributed by atoms with Crippen molar-refractivity contribution in [2.24, 2.45) is 5.92 Å². The van der Waals surface area contributed by atoms with Gasteiger partial charge in [-0.15, -0.1) is 12.4 Å². The minimum atomic E-state index is 0. The summed E-state index contributed by atoms with van der Waals surface area (Å²) in [7, 11) is 4.06. The molecule has 0 amide bonds. The highest BCUT2D eigenvalue weighted by molar-refractivity contribution is 5.85. The standard InChI is InChI=1S/C23H26N2O.ClH/c1-25-12-11-23(19-8-4-6-10-22(19)26-2)14-21-18(13-16(23)15-25)17-7-3-5-9-20(17)24-21;/h3-10,16,24H,11-15H2,1-2H3;1H. The van der Waals surface area contributed by atoms with Gasteiger partial charge < -0.3 is 14.6 Å². The highest BCUT2D eigenvalue weighted by atomic mass is 35.5. The molecular weight excluding hydrogens is 356 g/mol. The summed E-state index contributed by atoms with van der Waals surface area (Å²) in [5.41, 5.74) is 5.79. The topological polar surface area (TPSA) is 28.3 Å².